The molecule has 2 heterocycles. The Morgan fingerprint density at radius 2 is 2.00 bits per heavy atom. The number of nitro groups is 1. The van der Waals surface area contributed by atoms with Crippen molar-refractivity contribution in [1.29, 1.82) is 0 Å². The molecule has 0 aliphatic heterocycles. The molecular weight excluding hydrogens is 446 g/mol. The zero-order valence-electron chi connectivity index (χ0n) is 13.6. The SMILES string of the molecule is O=C(Nc1nccc(-c2ccc(OC(F)F)cc2)n1)c1n[nH]c([N+](=O)[O-])c1Br. The van der Waals surface area contributed by atoms with Crippen molar-refractivity contribution in [3.8, 4) is 17.0 Å². The molecule has 0 saturated carbocycles. The Balaban J connectivity index is 1.78. The highest BCUT2D eigenvalue weighted by molar-refractivity contribution is 9.10. The minimum atomic E-state index is -2.93. The average molecular weight is 455 g/mol. The van der Waals surface area contributed by atoms with E-state index in [9.17, 15) is 23.7 Å². The first-order valence-corrected chi connectivity index (χ1v) is 8.22. The number of halogens is 3. The zero-order valence-corrected chi connectivity index (χ0v) is 15.2. The van der Waals surface area contributed by atoms with E-state index in [1.165, 1.54) is 30.5 Å². The van der Waals surface area contributed by atoms with Crippen molar-refractivity contribution in [2.75, 3.05) is 5.32 Å². The minimum Gasteiger partial charge on any atom is -0.435 e. The number of carbonyl (C=O) groups is 1. The van der Waals surface area contributed by atoms with Crippen LogP contribution in [0, 0.1) is 10.1 Å². The first-order chi connectivity index (χ1) is 13.3. The van der Waals surface area contributed by atoms with Gasteiger partial charge < -0.3 is 14.9 Å². The van der Waals surface area contributed by atoms with Crippen molar-refractivity contribution in [2.24, 2.45) is 0 Å². The number of nitrogens with one attached hydrogen (secondary N) is 2. The van der Waals surface area contributed by atoms with Crippen LogP contribution in [0.25, 0.3) is 11.3 Å². The summed E-state index contributed by atoms with van der Waals surface area (Å²) >= 11 is 2.94. The molecule has 0 unspecified atom stereocenters. The first kappa shape index (κ1) is 19.3. The molecule has 28 heavy (non-hydrogen) atoms. The van der Waals surface area contributed by atoms with E-state index < -0.39 is 23.3 Å². The fraction of sp³-hybridized carbons (Fsp3) is 0.0667. The molecule has 2 aromatic heterocycles. The van der Waals surface area contributed by atoms with E-state index in [-0.39, 0.29) is 21.9 Å². The third-order valence-electron chi connectivity index (χ3n) is 3.34. The third-order valence-corrected chi connectivity index (χ3v) is 4.09. The molecule has 0 atom stereocenters. The van der Waals surface area contributed by atoms with Crippen LogP contribution in [0.3, 0.4) is 0 Å². The molecule has 0 aliphatic rings. The van der Waals surface area contributed by atoms with Gasteiger partial charge in [-0.3, -0.25) is 10.1 Å². The van der Waals surface area contributed by atoms with Gasteiger partial charge in [-0.25, -0.2) is 9.97 Å². The van der Waals surface area contributed by atoms with Crippen LogP contribution in [0.1, 0.15) is 10.5 Å². The maximum Gasteiger partial charge on any atom is 0.387 e. The molecular formula is C15H9BrF2N6O4. The van der Waals surface area contributed by atoms with Gasteiger partial charge >= 0.3 is 12.4 Å². The molecule has 0 saturated heterocycles. The van der Waals surface area contributed by atoms with Crippen LogP contribution in [0.5, 0.6) is 5.75 Å². The van der Waals surface area contributed by atoms with Gasteiger partial charge in [0.1, 0.15) is 10.2 Å². The monoisotopic (exact) mass is 454 g/mol. The van der Waals surface area contributed by atoms with E-state index in [2.05, 4.69) is 46.1 Å². The Bertz CT molecular complexity index is 1030. The summed E-state index contributed by atoms with van der Waals surface area (Å²) in [7, 11) is 0. The molecule has 0 radical (unpaired) electrons. The summed E-state index contributed by atoms with van der Waals surface area (Å²) in [6.07, 6.45) is 1.38. The number of amides is 1. The summed E-state index contributed by atoms with van der Waals surface area (Å²) in [4.78, 5) is 30.4. The number of anilines is 1. The van der Waals surface area contributed by atoms with E-state index >= 15 is 0 Å². The quantitative estimate of drug-likeness (QED) is 0.430. The lowest BCUT2D eigenvalue weighted by Crippen LogP contribution is -2.15. The molecule has 3 aromatic rings. The van der Waals surface area contributed by atoms with E-state index in [4.69, 9.17) is 0 Å². The van der Waals surface area contributed by atoms with Crippen LogP contribution >= 0.6 is 15.9 Å². The van der Waals surface area contributed by atoms with Gasteiger partial charge in [-0.05, 0) is 51.2 Å². The third kappa shape index (κ3) is 4.25. The number of ether oxygens (including phenoxy) is 1. The van der Waals surface area contributed by atoms with Gasteiger partial charge in [0.15, 0.2) is 5.69 Å². The minimum absolute atomic E-state index is 0.00805. The number of benzene rings is 1. The lowest BCUT2D eigenvalue weighted by atomic mass is 10.1. The Kier molecular flexibility index (Phi) is 5.54. The molecule has 1 aromatic carbocycles. The Labute approximate surface area is 163 Å². The largest absolute Gasteiger partial charge is 0.435 e. The maximum atomic E-state index is 12.3. The van der Waals surface area contributed by atoms with Gasteiger partial charge in [-0.2, -0.15) is 8.78 Å². The van der Waals surface area contributed by atoms with Crippen LogP contribution in [0.2, 0.25) is 0 Å². The molecule has 10 nitrogen and oxygen atoms in total. The number of aromatic nitrogens is 4. The fourth-order valence-electron chi connectivity index (χ4n) is 2.14. The van der Waals surface area contributed by atoms with E-state index in [0.717, 1.165) is 0 Å². The van der Waals surface area contributed by atoms with Crippen LogP contribution in [-0.4, -0.2) is 37.6 Å². The van der Waals surface area contributed by atoms with E-state index in [1.807, 2.05) is 0 Å². The lowest BCUT2D eigenvalue weighted by Gasteiger charge is -2.07. The van der Waals surface area contributed by atoms with Crippen molar-refractivity contribution >= 4 is 33.6 Å². The Morgan fingerprint density at radius 1 is 1.29 bits per heavy atom. The number of aromatic amines is 1. The first-order valence-electron chi connectivity index (χ1n) is 7.43. The number of H-pyrrole nitrogens is 1. The molecule has 2 N–H and O–H groups in total. The highest BCUT2D eigenvalue weighted by Gasteiger charge is 2.25. The molecule has 1 amide bonds. The highest BCUT2D eigenvalue weighted by atomic mass is 79.9. The molecule has 0 spiro atoms. The summed E-state index contributed by atoms with van der Waals surface area (Å²) in [6, 6.07) is 7.27. The summed E-state index contributed by atoms with van der Waals surface area (Å²) in [5, 5.41) is 18.9. The van der Waals surface area contributed by atoms with Crippen molar-refractivity contribution in [2.45, 2.75) is 6.61 Å². The number of alkyl halides is 2. The number of nitrogens with zero attached hydrogens (tertiary/aromatic N) is 4. The molecule has 0 aliphatic carbocycles. The number of rotatable bonds is 6. The van der Waals surface area contributed by atoms with Gasteiger partial charge in [-0.15, -0.1) is 5.10 Å². The molecule has 0 fully saturated rings. The van der Waals surface area contributed by atoms with Crippen molar-refractivity contribution in [3.05, 3.63) is 56.8 Å². The van der Waals surface area contributed by atoms with Crippen LogP contribution in [0.4, 0.5) is 20.5 Å². The van der Waals surface area contributed by atoms with Gasteiger partial charge in [0.2, 0.25) is 5.95 Å². The van der Waals surface area contributed by atoms with Gasteiger partial charge in [0.25, 0.3) is 5.91 Å². The molecule has 144 valence electrons. The Morgan fingerprint density at radius 3 is 2.61 bits per heavy atom. The van der Waals surface area contributed by atoms with Gasteiger partial charge in [-0.1, -0.05) is 5.10 Å². The summed E-state index contributed by atoms with van der Waals surface area (Å²) in [6.45, 7) is -2.93. The van der Waals surface area contributed by atoms with E-state index in [0.29, 0.717) is 11.3 Å². The zero-order chi connectivity index (χ0) is 20.3. The summed E-state index contributed by atoms with van der Waals surface area (Å²) < 4.78 is 28.6. The Hall–Kier alpha value is -3.48. The fourth-order valence-corrected chi connectivity index (χ4v) is 2.64. The second kappa shape index (κ2) is 8.04. The smallest absolute Gasteiger partial charge is 0.387 e. The van der Waals surface area contributed by atoms with Gasteiger partial charge in [0, 0.05) is 11.8 Å². The van der Waals surface area contributed by atoms with Crippen molar-refractivity contribution in [3.63, 3.8) is 0 Å². The van der Waals surface area contributed by atoms with Crippen LogP contribution in [-0.2, 0) is 0 Å². The van der Waals surface area contributed by atoms with Gasteiger partial charge in [0.05, 0.1) is 5.69 Å². The second-order valence-corrected chi connectivity index (χ2v) is 5.91. The van der Waals surface area contributed by atoms with E-state index in [1.54, 1.807) is 6.07 Å². The topological polar surface area (TPSA) is 136 Å². The standard InChI is InChI=1S/C15H9BrF2N6O4/c16-10-11(22-23-12(10)24(26)27)13(25)21-15-19-6-5-9(20-15)7-1-3-8(4-2-7)28-14(17)18/h1-6,14H,(H,22,23)(H,19,20,21,25). The lowest BCUT2D eigenvalue weighted by molar-refractivity contribution is -0.390. The highest BCUT2D eigenvalue weighted by Crippen LogP contribution is 2.26. The van der Waals surface area contributed by atoms with Crippen molar-refractivity contribution in [1.82, 2.24) is 20.2 Å². The molecule has 3 rings (SSSR count). The maximum absolute atomic E-state index is 12.3. The number of hydrogen-bond acceptors (Lipinski definition) is 7. The number of hydrogen-bond donors (Lipinski definition) is 2. The molecule has 0 bridgehead atoms. The van der Waals surface area contributed by atoms with Crippen molar-refractivity contribution < 1.29 is 23.2 Å². The normalized spacial score (nSPS) is 10.7. The van der Waals surface area contributed by atoms with Crippen LogP contribution in [0.15, 0.2) is 41.0 Å². The predicted octanol–water partition coefficient (Wildman–Crippen LogP) is 3.39. The second-order valence-electron chi connectivity index (χ2n) is 5.11. The van der Waals surface area contributed by atoms with Crippen LogP contribution < -0.4 is 10.1 Å². The predicted molar refractivity (Wildman–Crippen MR) is 95.0 cm³/mol. The summed E-state index contributed by atoms with van der Waals surface area (Å²) in [5.41, 5.74) is 0.728. The number of carbonyl (C=O) groups excluding carboxylic acids is 1. The average Bonchev–Trinajstić information content (AvgIpc) is 3.04. The summed E-state index contributed by atoms with van der Waals surface area (Å²) in [5.74, 6) is -1.32. The molecule has 13 heteroatoms.